The van der Waals surface area contributed by atoms with Crippen molar-refractivity contribution in [3.8, 4) is 11.5 Å². The number of pyridine rings is 2. The Kier molecular flexibility index (Phi) is 7.04. The van der Waals surface area contributed by atoms with E-state index in [2.05, 4.69) is 21.3 Å². The summed E-state index contributed by atoms with van der Waals surface area (Å²) in [5.41, 5.74) is 8.27. The topological polar surface area (TPSA) is 103 Å². The molecular formula is C25H29N5O3. The average molecular weight is 448 g/mol. The van der Waals surface area contributed by atoms with Gasteiger partial charge in [-0.15, -0.1) is 0 Å². The van der Waals surface area contributed by atoms with Crippen LogP contribution in [0.5, 0.6) is 11.5 Å². The van der Waals surface area contributed by atoms with Gasteiger partial charge in [-0.1, -0.05) is 18.2 Å². The number of benzene rings is 1. The van der Waals surface area contributed by atoms with E-state index in [1.165, 1.54) is 0 Å². The molecule has 1 saturated heterocycles. The molecule has 0 saturated carbocycles. The van der Waals surface area contributed by atoms with Crippen LogP contribution in [0.3, 0.4) is 0 Å². The first-order valence-corrected chi connectivity index (χ1v) is 11.0. The number of methoxy groups -OCH3 is 1. The maximum absolute atomic E-state index is 11.0. The van der Waals surface area contributed by atoms with Crippen molar-refractivity contribution in [2.45, 2.75) is 32.4 Å². The van der Waals surface area contributed by atoms with Gasteiger partial charge in [0.15, 0.2) is 18.1 Å². The molecule has 33 heavy (non-hydrogen) atoms. The highest BCUT2D eigenvalue weighted by Gasteiger charge is 2.27. The third-order valence-corrected chi connectivity index (χ3v) is 5.60. The van der Waals surface area contributed by atoms with Gasteiger partial charge in [-0.25, -0.2) is 9.97 Å². The zero-order valence-electron chi connectivity index (χ0n) is 19.0. The molecule has 0 spiro atoms. The molecule has 3 N–H and O–H groups in total. The summed E-state index contributed by atoms with van der Waals surface area (Å²) in [6, 6.07) is 17.9. The summed E-state index contributed by atoms with van der Waals surface area (Å²) in [6.07, 6.45) is 2.16. The number of nitrogens with one attached hydrogen (secondary N) is 1. The Balaban J connectivity index is 1.47. The van der Waals surface area contributed by atoms with E-state index in [1.807, 2.05) is 55.5 Å². The summed E-state index contributed by atoms with van der Waals surface area (Å²) < 4.78 is 10.9. The lowest BCUT2D eigenvalue weighted by Crippen LogP contribution is -2.23. The highest BCUT2D eigenvalue weighted by molar-refractivity contribution is 5.75. The lowest BCUT2D eigenvalue weighted by molar-refractivity contribution is -0.119. The normalized spacial score (nSPS) is 15.9. The largest absolute Gasteiger partial charge is 0.493 e. The maximum Gasteiger partial charge on any atom is 0.255 e. The molecule has 8 nitrogen and oxygen atoms in total. The van der Waals surface area contributed by atoms with Crippen LogP contribution in [0.4, 0.5) is 11.6 Å². The number of nitrogens with zero attached hydrogens (tertiary/aromatic N) is 3. The molecule has 0 radical (unpaired) electrons. The number of carbonyl (C=O) groups is 1. The Labute approximate surface area is 193 Å². The van der Waals surface area contributed by atoms with Crippen LogP contribution >= 0.6 is 0 Å². The molecule has 3 aromatic rings. The average Bonchev–Trinajstić information content (AvgIpc) is 3.26. The van der Waals surface area contributed by atoms with Crippen LogP contribution in [0.2, 0.25) is 0 Å². The molecule has 3 heterocycles. The standard InChI is InChI=1S/C25H29N5O3/c1-17-6-3-9-24(27-17)29-25-10-4-7-19(28-25)20-8-5-13-30(20)15-18-11-12-21(22(14-18)32-2)33-16-23(26)31/h3-4,6-7,9-12,14,20H,5,8,13,15-16H2,1-2H3,(H2,26,31)(H,27,28,29). The fraction of sp³-hybridized carbons (Fsp3) is 0.320. The lowest BCUT2D eigenvalue weighted by Gasteiger charge is -2.25. The molecule has 0 bridgehead atoms. The molecular weight excluding hydrogens is 418 g/mol. The molecule has 1 fully saturated rings. The second kappa shape index (κ2) is 10.3. The zero-order valence-corrected chi connectivity index (χ0v) is 19.0. The second-order valence-electron chi connectivity index (χ2n) is 8.11. The number of amides is 1. The van der Waals surface area contributed by atoms with Crippen LogP contribution in [0.1, 0.15) is 35.8 Å². The summed E-state index contributed by atoms with van der Waals surface area (Å²) >= 11 is 0. The predicted octanol–water partition coefficient (Wildman–Crippen LogP) is 3.74. The number of rotatable bonds is 9. The summed E-state index contributed by atoms with van der Waals surface area (Å²) in [7, 11) is 1.58. The summed E-state index contributed by atoms with van der Waals surface area (Å²) in [6.45, 7) is 3.54. The molecule has 1 atom stereocenters. The second-order valence-corrected chi connectivity index (χ2v) is 8.11. The third kappa shape index (κ3) is 5.78. The van der Waals surface area contributed by atoms with Gasteiger partial charge < -0.3 is 20.5 Å². The number of hydrogen-bond donors (Lipinski definition) is 2. The van der Waals surface area contributed by atoms with Crippen molar-refractivity contribution in [3.63, 3.8) is 0 Å². The molecule has 1 unspecified atom stereocenters. The SMILES string of the molecule is COc1cc(CN2CCCC2c2cccc(Nc3cccc(C)n3)n2)ccc1OCC(N)=O. The lowest BCUT2D eigenvalue weighted by atomic mass is 10.1. The van der Waals surface area contributed by atoms with Gasteiger partial charge in [-0.05, 0) is 68.3 Å². The van der Waals surface area contributed by atoms with Crippen molar-refractivity contribution in [2.75, 3.05) is 25.6 Å². The van der Waals surface area contributed by atoms with Crippen LogP contribution < -0.4 is 20.5 Å². The van der Waals surface area contributed by atoms with Gasteiger partial charge in [0.05, 0.1) is 18.8 Å². The Morgan fingerprint density at radius 2 is 1.91 bits per heavy atom. The smallest absolute Gasteiger partial charge is 0.255 e. The van der Waals surface area contributed by atoms with Gasteiger partial charge in [0.25, 0.3) is 5.91 Å². The summed E-state index contributed by atoms with van der Waals surface area (Å²) in [4.78, 5) is 22.8. The van der Waals surface area contributed by atoms with E-state index < -0.39 is 5.91 Å². The Morgan fingerprint density at radius 1 is 1.12 bits per heavy atom. The molecule has 1 aliphatic rings. The molecule has 172 valence electrons. The van der Waals surface area contributed by atoms with Crippen molar-refractivity contribution in [3.05, 3.63) is 71.5 Å². The van der Waals surface area contributed by atoms with Crippen LogP contribution in [0.15, 0.2) is 54.6 Å². The minimum absolute atomic E-state index is 0.183. The number of likely N-dealkylation sites (tertiary alicyclic amines) is 1. The van der Waals surface area contributed by atoms with Gasteiger partial charge in [0.2, 0.25) is 0 Å². The molecule has 0 aliphatic carbocycles. The first kappa shape index (κ1) is 22.5. The van der Waals surface area contributed by atoms with Crippen molar-refractivity contribution in [1.29, 1.82) is 0 Å². The molecule has 2 aromatic heterocycles. The van der Waals surface area contributed by atoms with Gasteiger partial charge in [0, 0.05) is 12.2 Å². The Bertz CT molecular complexity index is 1120. The van der Waals surface area contributed by atoms with Gasteiger partial charge in [-0.3, -0.25) is 9.69 Å². The van der Waals surface area contributed by atoms with E-state index in [0.717, 1.165) is 54.5 Å². The fourth-order valence-electron chi connectivity index (χ4n) is 4.11. The number of aryl methyl sites for hydroxylation is 1. The van der Waals surface area contributed by atoms with Crippen LogP contribution in [-0.4, -0.2) is 41.0 Å². The highest BCUT2D eigenvalue weighted by Crippen LogP contribution is 2.35. The number of hydrogen-bond acceptors (Lipinski definition) is 7. The maximum atomic E-state index is 11.0. The van der Waals surface area contributed by atoms with Crippen LogP contribution in [0.25, 0.3) is 0 Å². The predicted molar refractivity (Wildman–Crippen MR) is 127 cm³/mol. The quantitative estimate of drug-likeness (QED) is 0.515. The molecule has 1 aromatic carbocycles. The van der Waals surface area contributed by atoms with Crippen LogP contribution in [0, 0.1) is 6.92 Å². The number of anilines is 2. The molecule has 8 heteroatoms. The highest BCUT2D eigenvalue weighted by atomic mass is 16.5. The van der Waals surface area contributed by atoms with E-state index in [0.29, 0.717) is 11.5 Å². The minimum Gasteiger partial charge on any atom is -0.493 e. The number of nitrogens with two attached hydrogens (primary N) is 1. The first-order valence-electron chi connectivity index (χ1n) is 11.0. The number of primary amides is 1. The van der Waals surface area contributed by atoms with E-state index in [1.54, 1.807) is 7.11 Å². The van der Waals surface area contributed by atoms with Crippen molar-refractivity contribution >= 4 is 17.5 Å². The molecule has 4 rings (SSSR count). The third-order valence-electron chi connectivity index (χ3n) is 5.60. The number of carbonyl (C=O) groups excluding carboxylic acids is 1. The van der Waals surface area contributed by atoms with Crippen molar-refractivity contribution in [1.82, 2.24) is 14.9 Å². The Morgan fingerprint density at radius 3 is 2.67 bits per heavy atom. The van der Waals surface area contributed by atoms with E-state index >= 15 is 0 Å². The van der Waals surface area contributed by atoms with E-state index in [-0.39, 0.29) is 12.6 Å². The van der Waals surface area contributed by atoms with Gasteiger partial charge in [-0.2, -0.15) is 0 Å². The fourth-order valence-corrected chi connectivity index (χ4v) is 4.11. The summed E-state index contributed by atoms with van der Waals surface area (Å²) in [5.74, 6) is 2.13. The number of ether oxygens (including phenoxy) is 2. The van der Waals surface area contributed by atoms with E-state index in [9.17, 15) is 4.79 Å². The van der Waals surface area contributed by atoms with Crippen molar-refractivity contribution < 1.29 is 14.3 Å². The molecule has 1 amide bonds. The minimum atomic E-state index is -0.525. The molecule has 1 aliphatic heterocycles. The van der Waals surface area contributed by atoms with E-state index in [4.69, 9.17) is 20.2 Å². The monoisotopic (exact) mass is 447 g/mol. The van der Waals surface area contributed by atoms with Crippen LogP contribution in [-0.2, 0) is 11.3 Å². The van der Waals surface area contributed by atoms with Crippen molar-refractivity contribution in [2.24, 2.45) is 5.73 Å². The summed E-state index contributed by atoms with van der Waals surface area (Å²) in [5, 5.41) is 3.31. The Hall–Kier alpha value is -3.65. The van der Waals surface area contributed by atoms with Gasteiger partial charge >= 0.3 is 0 Å². The zero-order chi connectivity index (χ0) is 23.2. The van der Waals surface area contributed by atoms with Gasteiger partial charge in [0.1, 0.15) is 11.6 Å². The first-order chi connectivity index (χ1) is 16.0. The number of aromatic nitrogens is 2.